The summed E-state index contributed by atoms with van der Waals surface area (Å²) in [6.45, 7) is 0.906. The Morgan fingerprint density at radius 1 is 0.974 bits per heavy atom. The molecule has 39 heavy (non-hydrogen) atoms. The largest absolute Gasteiger partial charge is 0.478 e. The monoisotopic (exact) mass is 554 g/mol. The van der Waals surface area contributed by atoms with Crippen LogP contribution in [0.1, 0.15) is 60.5 Å². The maximum Gasteiger partial charge on any atom is 0.416 e. The zero-order valence-electron chi connectivity index (χ0n) is 20.3. The Balaban J connectivity index is 1.26. The van der Waals surface area contributed by atoms with E-state index in [1.165, 1.54) is 23.5 Å². The summed E-state index contributed by atoms with van der Waals surface area (Å²) in [7, 11) is 0. The number of nitrogens with zero attached hydrogens (tertiary/aromatic N) is 4. The number of thiazole rings is 1. The van der Waals surface area contributed by atoms with E-state index in [1.54, 1.807) is 34.5 Å². The highest BCUT2D eigenvalue weighted by Crippen LogP contribution is 2.34. The van der Waals surface area contributed by atoms with E-state index in [9.17, 15) is 27.6 Å². The van der Waals surface area contributed by atoms with Crippen molar-refractivity contribution < 1.29 is 32.7 Å². The molecule has 1 N–H and O–H groups in total. The number of carbonyl (C=O) groups excluding carboxylic acids is 2. The standard InChI is InChI=1S/C27H21F3N4O4S/c28-27(29,30)19-7-5-16(6-8-19)20-3-1-2-4-21(20)24(35)33-11-9-17(10-12-33)23-32-22(15-39-23)25(36)34-14-18(13-31-34)26(37)38/h1-8,13-15,17H,9-12H2,(H,37,38). The molecule has 0 aliphatic carbocycles. The molecular formula is C27H21F3N4O4S. The second-order valence-electron chi connectivity index (χ2n) is 9.04. The first-order valence-corrected chi connectivity index (χ1v) is 12.8. The first kappa shape index (κ1) is 26.3. The van der Waals surface area contributed by atoms with Crippen LogP contribution in [0.2, 0.25) is 0 Å². The van der Waals surface area contributed by atoms with E-state index in [2.05, 4.69) is 10.1 Å². The summed E-state index contributed by atoms with van der Waals surface area (Å²) in [5, 5.41) is 15.2. The molecule has 0 unspecified atom stereocenters. The van der Waals surface area contributed by atoms with Gasteiger partial charge in [-0.1, -0.05) is 30.3 Å². The number of rotatable bonds is 5. The number of amides is 1. The molecule has 1 aliphatic heterocycles. The zero-order valence-corrected chi connectivity index (χ0v) is 21.1. The summed E-state index contributed by atoms with van der Waals surface area (Å²) in [5.74, 6) is -1.88. The van der Waals surface area contributed by atoms with Gasteiger partial charge in [0.1, 0.15) is 5.69 Å². The van der Waals surface area contributed by atoms with Crippen LogP contribution < -0.4 is 0 Å². The van der Waals surface area contributed by atoms with E-state index in [4.69, 9.17) is 5.11 Å². The minimum Gasteiger partial charge on any atom is -0.478 e. The van der Waals surface area contributed by atoms with Crippen molar-refractivity contribution in [2.75, 3.05) is 13.1 Å². The van der Waals surface area contributed by atoms with Gasteiger partial charge in [0.15, 0.2) is 0 Å². The lowest BCUT2D eigenvalue weighted by Crippen LogP contribution is -2.38. The molecule has 1 amide bonds. The molecule has 8 nitrogen and oxygen atoms in total. The average molecular weight is 555 g/mol. The third kappa shape index (κ3) is 5.46. The van der Waals surface area contributed by atoms with Gasteiger partial charge in [0.05, 0.1) is 22.3 Å². The molecule has 1 fully saturated rings. The SMILES string of the molecule is O=C(O)c1cnn(C(=O)c2csc(C3CCN(C(=O)c4ccccc4-c4ccc(C(F)(F)F)cc4)CC3)n2)c1. The number of carbonyl (C=O) groups is 3. The molecular weight excluding hydrogens is 533 g/mol. The van der Waals surface area contributed by atoms with E-state index in [0.717, 1.165) is 34.2 Å². The Kier molecular flexibility index (Phi) is 7.04. The van der Waals surface area contributed by atoms with Crippen LogP contribution in [0.5, 0.6) is 0 Å². The lowest BCUT2D eigenvalue weighted by atomic mass is 9.94. The number of piperidine rings is 1. The van der Waals surface area contributed by atoms with Crippen LogP contribution in [0, 0.1) is 0 Å². The van der Waals surface area contributed by atoms with E-state index in [1.807, 2.05) is 0 Å². The second-order valence-corrected chi connectivity index (χ2v) is 9.93. The number of aromatic nitrogens is 3. The van der Waals surface area contributed by atoms with Gasteiger partial charge in [0.2, 0.25) is 0 Å². The first-order valence-electron chi connectivity index (χ1n) is 12.0. The minimum absolute atomic E-state index is 0.0398. The highest BCUT2D eigenvalue weighted by atomic mass is 32.1. The number of carboxylic acid groups (broad SMARTS) is 1. The molecule has 5 rings (SSSR count). The summed E-state index contributed by atoms with van der Waals surface area (Å²) < 4.78 is 39.8. The smallest absolute Gasteiger partial charge is 0.416 e. The number of hydrogen-bond donors (Lipinski definition) is 1. The molecule has 2 aromatic carbocycles. The van der Waals surface area contributed by atoms with Crippen LogP contribution in [-0.4, -0.2) is 55.6 Å². The van der Waals surface area contributed by atoms with Crippen molar-refractivity contribution >= 4 is 29.1 Å². The molecule has 0 spiro atoms. The van der Waals surface area contributed by atoms with Crippen LogP contribution in [0.4, 0.5) is 13.2 Å². The van der Waals surface area contributed by atoms with Gasteiger partial charge in [-0.3, -0.25) is 9.59 Å². The normalized spacial score (nSPS) is 14.4. The predicted octanol–water partition coefficient (Wildman–Crippen LogP) is 5.43. The fourth-order valence-corrected chi connectivity index (χ4v) is 5.46. The maximum absolute atomic E-state index is 13.4. The van der Waals surface area contributed by atoms with Crippen LogP contribution in [-0.2, 0) is 6.18 Å². The van der Waals surface area contributed by atoms with Crippen molar-refractivity contribution in [3.8, 4) is 11.1 Å². The molecule has 12 heteroatoms. The average Bonchev–Trinajstić information content (AvgIpc) is 3.63. The highest BCUT2D eigenvalue weighted by molar-refractivity contribution is 7.09. The maximum atomic E-state index is 13.4. The Bertz CT molecular complexity index is 1540. The Morgan fingerprint density at radius 2 is 1.67 bits per heavy atom. The van der Waals surface area contributed by atoms with Crippen LogP contribution in [0.3, 0.4) is 0 Å². The summed E-state index contributed by atoms with van der Waals surface area (Å²) in [4.78, 5) is 43.2. The van der Waals surface area contributed by atoms with Crippen molar-refractivity contribution in [2.45, 2.75) is 24.9 Å². The quantitative estimate of drug-likeness (QED) is 0.353. The van der Waals surface area contributed by atoms with E-state index < -0.39 is 23.6 Å². The number of carboxylic acids is 1. The third-order valence-corrected chi connectivity index (χ3v) is 7.60. The third-order valence-electron chi connectivity index (χ3n) is 6.59. The number of alkyl halides is 3. The Hall–Kier alpha value is -4.32. The summed E-state index contributed by atoms with van der Waals surface area (Å²) in [6.07, 6.45) is -0.959. The van der Waals surface area contributed by atoms with Gasteiger partial charge in [-0.2, -0.15) is 18.3 Å². The number of likely N-dealkylation sites (tertiary alicyclic amines) is 1. The summed E-state index contributed by atoms with van der Waals surface area (Å²) in [5.41, 5.74) is 0.812. The van der Waals surface area contributed by atoms with Gasteiger partial charge in [-0.15, -0.1) is 11.3 Å². The lowest BCUT2D eigenvalue weighted by Gasteiger charge is -2.31. The number of halogens is 3. The molecule has 0 bridgehead atoms. The van der Waals surface area contributed by atoms with E-state index >= 15 is 0 Å². The first-order chi connectivity index (χ1) is 18.6. The topological polar surface area (TPSA) is 105 Å². The van der Waals surface area contributed by atoms with Crippen molar-refractivity contribution in [3.05, 3.63) is 93.7 Å². The molecule has 200 valence electrons. The lowest BCUT2D eigenvalue weighted by molar-refractivity contribution is -0.137. The van der Waals surface area contributed by atoms with Crippen molar-refractivity contribution in [3.63, 3.8) is 0 Å². The van der Waals surface area contributed by atoms with Crippen molar-refractivity contribution in [1.82, 2.24) is 19.7 Å². The van der Waals surface area contributed by atoms with Crippen LogP contribution >= 0.6 is 11.3 Å². The summed E-state index contributed by atoms with van der Waals surface area (Å²) >= 11 is 1.33. The predicted molar refractivity (Wildman–Crippen MR) is 136 cm³/mol. The Morgan fingerprint density at radius 3 is 2.31 bits per heavy atom. The second kappa shape index (κ2) is 10.4. The molecule has 1 aliphatic rings. The molecule has 3 heterocycles. The van der Waals surface area contributed by atoms with Gasteiger partial charge in [-0.25, -0.2) is 14.5 Å². The van der Waals surface area contributed by atoms with Gasteiger partial charge >= 0.3 is 12.1 Å². The Labute approximate surface area is 224 Å². The molecule has 1 saturated heterocycles. The van der Waals surface area contributed by atoms with Crippen LogP contribution in [0.15, 0.2) is 66.3 Å². The molecule has 2 aromatic heterocycles. The highest BCUT2D eigenvalue weighted by Gasteiger charge is 2.31. The molecule has 0 saturated carbocycles. The van der Waals surface area contributed by atoms with Gasteiger partial charge in [-0.05, 0) is 42.2 Å². The van der Waals surface area contributed by atoms with Crippen molar-refractivity contribution in [2.24, 2.45) is 0 Å². The van der Waals surface area contributed by atoms with Gasteiger partial charge in [0.25, 0.3) is 11.8 Å². The van der Waals surface area contributed by atoms with Crippen molar-refractivity contribution in [1.29, 1.82) is 0 Å². The number of aromatic carboxylic acids is 1. The molecule has 0 radical (unpaired) electrons. The van der Waals surface area contributed by atoms with Gasteiger partial charge in [0, 0.05) is 36.1 Å². The number of hydrogen-bond acceptors (Lipinski definition) is 6. The molecule has 0 atom stereocenters. The number of benzene rings is 2. The molecule has 4 aromatic rings. The van der Waals surface area contributed by atoms with Gasteiger partial charge < -0.3 is 10.0 Å². The summed E-state index contributed by atoms with van der Waals surface area (Å²) in [6, 6.07) is 11.6. The fraction of sp³-hybridized carbons (Fsp3) is 0.222. The minimum atomic E-state index is -4.44. The van der Waals surface area contributed by atoms with Crippen LogP contribution in [0.25, 0.3) is 11.1 Å². The van der Waals surface area contributed by atoms with E-state index in [0.29, 0.717) is 42.6 Å². The van der Waals surface area contributed by atoms with E-state index in [-0.39, 0.29) is 23.1 Å². The fourth-order valence-electron chi connectivity index (χ4n) is 4.50. The zero-order chi connectivity index (χ0) is 27.7.